The van der Waals surface area contributed by atoms with Gasteiger partial charge in [-0.3, -0.25) is 13.9 Å². The molecule has 208 valence electrons. The third kappa shape index (κ3) is 8.11. The van der Waals surface area contributed by atoms with Crippen molar-refractivity contribution in [1.29, 1.82) is 0 Å². The molecule has 0 radical (unpaired) electrons. The van der Waals surface area contributed by atoms with E-state index in [1.807, 2.05) is 20.8 Å². The number of amides is 2. The summed E-state index contributed by atoms with van der Waals surface area (Å²) in [7, 11) is -4.20. The van der Waals surface area contributed by atoms with Gasteiger partial charge in [-0.1, -0.05) is 65.1 Å². The molecular formula is C28H30Cl3N3O4S. The number of rotatable bonds is 9. The lowest BCUT2D eigenvalue weighted by molar-refractivity contribution is -0.140. The van der Waals surface area contributed by atoms with Crippen LogP contribution in [0.4, 0.5) is 5.69 Å². The average Bonchev–Trinajstić information content (AvgIpc) is 2.86. The van der Waals surface area contributed by atoms with Crippen molar-refractivity contribution in [2.45, 2.75) is 50.7 Å². The molecule has 11 heteroatoms. The fourth-order valence-electron chi connectivity index (χ4n) is 3.78. The summed E-state index contributed by atoms with van der Waals surface area (Å²) in [6.45, 7) is 6.53. The Bertz CT molecular complexity index is 1440. The maximum absolute atomic E-state index is 13.9. The van der Waals surface area contributed by atoms with E-state index in [4.69, 9.17) is 34.8 Å². The minimum atomic E-state index is -4.20. The summed E-state index contributed by atoms with van der Waals surface area (Å²) in [5.74, 6) is -0.984. The molecule has 0 aliphatic carbocycles. The van der Waals surface area contributed by atoms with Gasteiger partial charge < -0.3 is 10.2 Å². The molecule has 0 aromatic heterocycles. The molecule has 0 spiro atoms. The number of nitrogens with zero attached hydrogens (tertiary/aromatic N) is 2. The molecule has 1 unspecified atom stereocenters. The molecule has 3 rings (SSSR count). The number of nitrogens with one attached hydrogen (secondary N) is 1. The first kappa shape index (κ1) is 30.8. The van der Waals surface area contributed by atoms with E-state index in [-0.39, 0.29) is 33.1 Å². The van der Waals surface area contributed by atoms with E-state index in [1.165, 1.54) is 35.2 Å². The summed E-state index contributed by atoms with van der Waals surface area (Å²) in [6, 6.07) is 18.0. The first-order valence-electron chi connectivity index (χ1n) is 12.1. The fraction of sp³-hybridized carbons (Fsp3) is 0.286. The molecule has 1 N–H and O–H groups in total. The minimum absolute atomic E-state index is 0.0104. The quantitative estimate of drug-likeness (QED) is 0.314. The second kappa shape index (κ2) is 12.6. The average molecular weight is 611 g/mol. The van der Waals surface area contributed by atoms with Gasteiger partial charge in [-0.05, 0) is 75.7 Å². The predicted octanol–water partition coefficient (Wildman–Crippen LogP) is 6.17. The highest BCUT2D eigenvalue weighted by Crippen LogP contribution is 2.31. The zero-order valence-electron chi connectivity index (χ0n) is 22.0. The molecule has 0 saturated carbocycles. The Morgan fingerprint density at radius 2 is 1.56 bits per heavy atom. The summed E-state index contributed by atoms with van der Waals surface area (Å²) in [4.78, 5) is 28.3. The molecule has 3 aromatic rings. The SMILES string of the molecule is CC(C(=O)NC(C)(C)C)N(Cc1cccc(Cl)c1)C(=O)CN(c1ccc(Cl)c(Cl)c1)S(=O)(=O)c1ccccc1. The minimum Gasteiger partial charge on any atom is -0.350 e. The van der Waals surface area contributed by atoms with Gasteiger partial charge in [0, 0.05) is 17.1 Å². The molecule has 0 fully saturated rings. The first-order valence-corrected chi connectivity index (χ1v) is 14.7. The van der Waals surface area contributed by atoms with Crippen molar-refractivity contribution in [3.8, 4) is 0 Å². The van der Waals surface area contributed by atoms with Crippen LogP contribution in [0.15, 0.2) is 77.7 Å². The highest BCUT2D eigenvalue weighted by Gasteiger charge is 2.33. The molecule has 0 aliphatic heterocycles. The van der Waals surface area contributed by atoms with Crippen LogP contribution in [0.2, 0.25) is 15.1 Å². The molecule has 1 atom stereocenters. The van der Waals surface area contributed by atoms with Crippen LogP contribution < -0.4 is 9.62 Å². The van der Waals surface area contributed by atoms with Gasteiger partial charge >= 0.3 is 0 Å². The van der Waals surface area contributed by atoms with Crippen molar-refractivity contribution >= 4 is 62.3 Å². The zero-order chi connectivity index (χ0) is 29.0. The van der Waals surface area contributed by atoms with Crippen molar-refractivity contribution in [2.75, 3.05) is 10.8 Å². The Labute approximate surface area is 244 Å². The summed E-state index contributed by atoms with van der Waals surface area (Å²) >= 11 is 18.5. The first-order chi connectivity index (χ1) is 18.2. The van der Waals surface area contributed by atoms with Crippen LogP contribution in [-0.2, 0) is 26.2 Å². The van der Waals surface area contributed by atoms with Crippen LogP contribution >= 0.6 is 34.8 Å². The Kier molecular flexibility index (Phi) is 9.93. The van der Waals surface area contributed by atoms with Crippen molar-refractivity contribution in [3.05, 3.63) is 93.4 Å². The van der Waals surface area contributed by atoms with Crippen LogP contribution in [0.3, 0.4) is 0 Å². The van der Waals surface area contributed by atoms with E-state index in [2.05, 4.69) is 5.32 Å². The highest BCUT2D eigenvalue weighted by molar-refractivity contribution is 7.92. The number of hydrogen-bond acceptors (Lipinski definition) is 4. The van der Waals surface area contributed by atoms with Gasteiger partial charge in [0.05, 0.1) is 20.6 Å². The smallest absolute Gasteiger partial charge is 0.264 e. The van der Waals surface area contributed by atoms with E-state index in [0.717, 1.165) is 4.31 Å². The number of carbonyl (C=O) groups excluding carboxylic acids is 2. The van der Waals surface area contributed by atoms with Crippen LogP contribution in [0.5, 0.6) is 0 Å². The van der Waals surface area contributed by atoms with E-state index in [0.29, 0.717) is 10.6 Å². The van der Waals surface area contributed by atoms with E-state index < -0.39 is 34.1 Å². The van der Waals surface area contributed by atoms with Gasteiger partial charge in [0.1, 0.15) is 12.6 Å². The summed E-state index contributed by atoms with van der Waals surface area (Å²) in [5, 5.41) is 3.72. The molecule has 39 heavy (non-hydrogen) atoms. The van der Waals surface area contributed by atoms with Crippen LogP contribution in [0.1, 0.15) is 33.3 Å². The van der Waals surface area contributed by atoms with E-state index >= 15 is 0 Å². The number of hydrogen-bond donors (Lipinski definition) is 1. The van der Waals surface area contributed by atoms with Gasteiger partial charge in [0.2, 0.25) is 11.8 Å². The van der Waals surface area contributed by atoms with Crippen molar-refractivity contribution in [2.24, 2.45) is 0 Å². The van der Waals surface area contributed by atoms with E-state index in [9.17, 15) is 18.0 Å². The summed E-state index contributed by atoms with van der Waals surface area (Å²) in [5.41, 5.74) is 0.285. The highest BCUT2D eigenvalue weighted by atomic mass is 35.5. The standard InChI is InChI=1S/C28H30Cl3N3O4S/c1-19(27(36)32-28(2,3)4)33(17-20-9-8-10-21(29)15-20)26(35)18-34(22-13-14-24(30)25(31)16-22)39(37,38)23-11-6-5-7-12-23/h5-16,19H,17-18H2,1-4H3,(H,32,36). The van der Waals surface area contributed by atoms with Crippen LogP contribution in [0, 0.1) is 0 Å². The monoisotopic (exact) mass is 609 g/mol. The Morgan fingerprint density at radius 1 is 0.897 bits per heavy atom. The molecule has 2 amide bonds. The number of anilines is 1. The Morgan fingerprint density at radius 3 is 2.15 bits per heavy atom. The molecule has 0 bridgehead atoms. The predicted molar refractivity (Wildman–Crippen MR) is 157 cm³/mol. The topological polar surface area (TPSA) is 86.8 Å². The summed E-state index contributed by atoms with van der Waals surface area (Å²) in [6.07, 6.45) is 0. The van der Waals surface area contributed by atoms with Crippen molar-refractivity contribution < 1.29 is 18.0 Å². The third-order valence-corrected chi connectivity index (χ3v) is 8.47. The normalized spacial score (nSPS) is 12.5. The number of halogens is 3. The van der Waals surface area contributed by atoms with Gasteiger partial charge in [0.25, 0.3) is 10.0 Å². The lowest BCUT2D eigenvalue weighted by atomic mass is 10.1. The lowest BCUT2D eigenvalue weighted by Gasteiger charge is -2.33. The Balaban J connectivity index is 2.05. The second-order valence-corrected chi connectivity index (χ2v) is 13.1. The van der Waals surface area contributed by atoms with Crippen LogP contribution in [0.25, 0.3) is 0 Å². The maximum atomic E-state index is 13.9. The molecule has 3 aromatic carbocycles. The second-order valence-electron chi connectivity index (χ2n) is 9.99. The number of sulfonamides is 1. The van der Waals surface area contributed by atoms with Crippen molar-refractivity contribution in [3.63, 3.8) is 0 Å². The molecule has 0 saturated heterocycles. The Hall–Kier alpha value is -2.78. The van der Waals surface area contributed by atoms with Gasteiger partial charge in [-0.15, -0.1) is 0 Å². The summed E-state index contributed by atoms with van der Waals surface area (Å²) < 4.78 is 28.5. The van der Waals surface area contributed by atoms with E-state index in [1.54, 1.807) is 49.4 Å². The largest absolute Gasteiger partial charge is 0.350 e. The lowest BCUT2D eigenvalue weighted by Crippen LogP contribution is -2.54. The fourth-order valence-corrected chi connectivity index (χ4v) is 5.71. The number of benzene rings is 3. The van der Waals surface area contributed by atoms with Gasteiger partial charge in [-0.2, -0.15) is 0 Å². The van der Waals surface area contributed by atoms with Gasteiger partial charge in [0.15, 0.2) is 0 Å². The third-order valence-electron chi connectivity index (χ3n) is 5.71. The molecule has 0 heterocycles. The molecule has 7 nitrogen and oxygen atoms in total. The maximum Gasteiger partial charge on any atom is 0.264 e. The zero-order valence-corrected chi connectivity index (χ0v) is 25.1. The molecule has 0 aliphatic rings. The van der Waals surface area contributed by atoms with Crippen molar-refractivity contribution in [1.82, 2.24) is 10.2 Å². The number of carbonyl (C=O) groups is 2. The van der Waals surface area contributed by atoms with Crippen LogP contribution in [-0.4, -0.2) is 43.3 Å². The molecular weight excluding hydrogens is 581 g/mol. The van der Waals surface area contributed by atoms with Gasteiger partial charge in [-0.25, -0.2) is 8.42 Å².